The van der Waals surface area contributed by atoms with Crippen LogP contribution in [-0.2, 0) is 0 Å². The molecule has 0 aliphatic heterocycles. The first-order chi connectivity index (χ1) is 22.8. The maximum absolute atomic E-state index is 4.47. The minimum atomic E-state index is 0.930. The van der Waals surface area contributed by atoms with E-state index in [1.54, 1.807) is 6.33 Å². The Balaban J connectivity index is 1.29. The van der Waals surface area contributed by atoms with Crippen LogP contribution in [0.1, 0.15) is 0 Å². The maximum Gasteiger partial charge on any atom is 0.116 e. The second-order valence-corrected chi connectivity index (χ2v) is 11.6. The van der Waals surface area contributed by atoms with Gasteiger partial charge in [-0.2, -0.15) is 0 Å². The van der Waals surface area contributed by atoms with Crippen molar-refractivity contribution in [3.05, 3.63) is 170 Å². The molecular weight excluding hydrogens is 560 g/mol. The average Bonchev–Trinajstić information content (AvgIpc) is 3.47. The summed E-state index contributed by atoms with van der Waals surface area (Å²) in [4.78, 5) is 11.1. The summed E-state index contributed by atoms with van der Waals surface area (Å²) in [6.45, 7) is 0. The molecule has 4 nitrogen and oxygen atoms in total. The molecule has 0 radical (unpaired) electrons. The summed E-state index contributed by atoms with van der Waals surface area (Å²) < 4.78 is 2.38. The lowest BCUT2D eigenvalue weighted by molar-refractivity contribution is 1.17. The molecule has 0 saturated heterocycles. The lowest BCUT2D eigenvalue weighted by atomic mass is 10.0. The summed E-state index contributed by atoms with van der Waals surface area (Å²) in [5.74, 6) is 0. The Morgan fingerprint density at radius 1 is 0.478 bits per heavy atom. The van der Waals surface area contributed by atoms with Gasteiger partial charge in [0.25, 0.3) is 0 Å². The van der Waals surface area contributed by atoms with E-state index in [9.17, 15) is 0 Å². The van der Waals surface area contributed by atoms with Gasteiger partial charge in [-0.3, -0.25) is 0 Å². The first-order valence-electron chi connectivity index (χ1n) is 15.5. The molecule has 0 aliphatic carbocycles. The van der Waals surface area contributed by atoms with Gasteiger partial charge in [-0.25, -0.2) is 9.97 Å². The zero-order chi connectivity index (χ0) is 30.5. The Morgan fingerprint density at radius 2 is 1.20 bits per heavy atom. The summed E-state index contributed by atoms with van der Waals surface area (Å²) in [5.41, 5.74) is 10.0. The summed E-state index contributed by atoms with van der Waals surface area (Å²) in [5, 5.41) is 5.96. The molecule has 216 valence electrons. The van der Waals surface area contributed by atoms with Gasteiger partial charge in [0.05, 0.1) is 16.6 Å². The number of aromatic nitrogens is 3. The normalized spacial score (nSPS) is 11.5. The molecule has 9 rings (SSSR count). The smallest absolute Gasteiger partial charge is 0.116 e. The minimum absolute atomic E-state index is 0.930. The SMILES string of the molecule is c1ccc(-c2ccc(N(c3ccccc3)c3ccc4c5c6ccccc6ccc5n(-c5ccc6ncncc6c5)c4c3)cc2)cc1. The van der Waals surface area contributed by atoms with Crippen molar-refractivity contribution >= 4 is 60.5 Å². The van der Waals surface area contributed by atoms with Gasteiger partial charge in [0.1, 0.15) is 6.33 Å². The van der Waals surface area contributed by atoms with E-state index in [4.69, 9.17) is 0 Å². The summed E-state index contributed by atoms with van der Waals surface area (Å²) >= 11 is 0. The Morgan fingerprint density at radius 3 is 2.04 bits per heavy atom. The summed E-state index contributed by atoms with van der Waals surface area (Å²) in [6, 6.07) is 56.4. The van der Waals surface area contributed by atoms with Crippen molar-refractivity contribution in [2.45, 2.75) is 0 Å². The highest BCUT2D eigenvalue weighted by atomic mass is 15.1. The van der Waals surface area contributed by atoms with E-state index in [2.05, 4.69) is 177 Å². The molecule has 46 heavy (non-hydrogen) atoms. The third-order valence-corrected chi connectivity index (χ3v) is 8.89. The summed E-state index contributed by atoms with van der Waals surface area (Å²) in [7, 11) is 0. The van der Waals surface area contributed by atoms with Gasteiger partial charge in [0, 0.05) is 45.1 Å². The van der Waals surface area contributed by atoms with Gasteiger partial charge in [0.15, 0.2) is 0 Å². The van der Waals surface area contributed by atoms with Crippen LogP contribution in [0, 0.1) is 0 Å². The first kappa shape index (κ1) is 26.2. The highest BCUT2D eigenvalue weighted by Crippen LogP contribution is 2.42. The lowest BCUT2D eigenvalue weighted by Gasteiger charge is -2.26. The quantitative estimate of drug-likeness (QED) is 0.201. The number of hydrogen-bond donors (Lipinski definition) is 0. The Bertz CT molecular complexity index is 2520. The second kappa shape index (κ2) is 10.7. The van der Waals surface area contributed by atoms with Gasteiger partial charge in [-0.1, -0.05) is 97.1 Å². The molecule has 0 N–H and O–H groups in total. The van der Waals surface area contributed by atoms with Crippen LogP contribution in [0.4, 0.5) is 17.1 Å². The van der Waals surface area contributed by atoms with Crippen LogP contribution in [0.15, 0.2) is 170 Å². The van der Waals surface area contributed by atoms with Crippen LogP contribution in [0.5, 0.6) is 0 Å². The first-order valence-corrected chi connectivity index (χ1v) is 15.5. The van der Waals surface area contributed by atoms with Crippen molar-refractivity contribution in [3.8, 4) is 16.8 Å². The number of anilines is 3. The van der Waals surface area contributed by atoms with Gasteiger partial charge >= 0.3 is 0 Å². The van der Waals surface area contributed by atoms with Gasteiger partial charge in [0.2, 0.25) is 0 Å². The number of fused-ring (bicyclic) bond motifs is 6. The van der Waals surface area contributed by atoms with E-state index in [1.807, 2.05) is 6.20 Å². The molecule has 2 heterocycles. The average molecular weight is 589 g/mol. The van der Waals surface area contributed by atoms with Crippen LogP contribution in [-0.4, -0.2) is 14.5 Å². The van der Waals surface area contributed by atoms with Crippen LogP contribution >= 0.6 is 0 Å². The zero-order valence-corrected chi connectivity index (χ0v) is 25.0. The highest BCUT2D eigenvalue weighted by molar-refractivity contribution is 6.21. The van der Waals surface area contributed by atoms with Crippen LogP contribution < -0.4 is 4.90 Å². The van der Waals surface area contributed by atoms with E-state index in [0.29, 0.717) is 0 Å². The topological polar surface area (TPSA) is 34.0 Å². The van der Waals surface area contributed by atoms with Crippen molar-refractivity contribution in [1.82, 2.24) is 14.5 Å². The minimum Gasteiger partial charge on any atom is -0.310 e. The third-order valence-electron chi connectivity index (χ3n) is 8.89. The van der Waals surface area contributed by atoms with Crippen molar-refractivity contribution in [2.75, 3.05) is 4.90 Å². The number of hydrogen-bond acceptors (Lipinski definition) is 3. The number of rotatable bonds is 5. The largest absolute Gasteiger partial charge is 0.310 e. The molecule has 0 atom stereocenters. The monoisotopic (exact) mass is 588 g/mol. The molecule has 0 spiro atoms. The fourth-order valence-corrected chi connectivity index (χ4v) is 6.76. The molecule has 0 aliphatic rings. The second-order valence-electron chi connectivity index (χ2n) is 11.6. The van der Waals surface area contributed by atoms with Crippen LogP contribution in [0.2, 0.25) is 0 Å². The van der Waals surface area contributed by atoms with Crippen molar-refractivity contribution < 1.29 is 0 Å². The van der Waals surface area contributed by atoms with E-state index in [0.717, 1.165) is 39.2 Å². The predicted molar refractivity (Wildman–Crippen MR) is 192 cm³/mol. The predicted octanol–water partition coefficient (Wildman–Crippen LogP) is 11.0. The van der Waals surface area contributed by atoms with E-state index >= 15 is 0 Å². The Labute approximate surface area is 266 Å². The van der Waals surface area contributed by atoms with Crippen LogP contribution in [0.25, 0.3) is 60.3 Å². The molecule has 0 fully saturated rings. The molecule has 0 bridgehead atoms. The van der Waals surface area contributed by atoms with Gasteiger partial charge < -0.3 is 9.47 Å². The van der Waals surface area contributed by atoms with E-state index < -0.39 is 0 Å². The third kappa shape index (κ3) is 4.31. The van der Waals surface area contributed by atoms with Crippen LogP contribution in [0.3, 0.4) is 0 Å². The van der Waals surface area contributed by atoms with Gasteiger partial charge in [-0.15, -0.1) is 0 Å². The van der Waals surface area contributed by atoms with E-state index in [1.165, 1.54) is 38.2 Å². The Hall–Kier alpha value is -6.26. The van der Waals surface area contributed by atoms with Crippen molar-refractivity contribution in [3.63, 3.8) is 0 Å². The Kier molecular flexibility index (Phi) is 6.10. The van der Waals surface area contributed by atoms with Crippen molar-refractivity contribution in [2.24, 2.45) is 0 Å². The molecule has 7 aromatic carbocycles. The van der Waals surface area contributed by atoms with Crippen molar-refractivity contribution in [1.29, 1.82) is 0 Å². The molecule has 2 aromatic heterocycles. The fraction of sp³-hybridized carbons (Fsp3) is 0. The molecule has 0 saturated carbocycles. The number of nitrogens with zero attached hydrogens (tertiary/aromatic N) is 4. The number of benzene rings is 7. The molecule has 4 heteroatoms. The lowest BCUT2D eigenvalue weighted by Crippen LogP contribution is -2.10. The summed E-state index contributed by atoms with van der Waals surface area (Å²) in [6.07, 6.45) is 3.49. The zero-order valence-electron chi connectivity index (χ0n) is 25.0. The number of para-hydroxylation sites is 1. The maximum atomic E-state index is 4.47. The standard InChI is InChI=1S/C42H28N4/c1-3-9-29(10-4-1)30-15-18-34(19-16-30)45(33-12-5-2-6-13-33)36-20-22-38-41(26-36)46(35-21-23-39-32(25-35)27-43-28-44-39)40-24-17-31-11-7-8-14-37(31)42(38)40/h1-28H. The molecule has 0 unspecified atom stereocenters. The van der Waals surface area contributed by atoms with Gasteiger partial charge in [-0.05, 0) is 82.6 Å². The molecule has 9 aromatic rings. The fourth-order valence-electron chi connectivity index (χ4n) is 6.76. The highest BCUT2D eigenvalue weighted by Gasteiger charge is 2.19. The van der Waals surface area contributed by atoms with E-state index in [-0.39, 0.29) is 0 Å². The molecular formula is C42H28N4. The molecule has 0 amide bonds.